The molecule has 1 amide bonds. The number of carbonyl (C=O) groups is 2. The Kier molecular flexibility index (Phi) is 5.09. The highest BCUT2D eigenvalue weighted by Gasteiger charge is 2.29. The lowest BCUT2D eigenvalue weighted by atomic mass is 10.2. The van der Waals surface area contributed by atoms with Crippen LogP contribution < -0.4 is 5.32 Å². The predicted octanol–water partition coefficient (Wildman–Crippen LogP) is 1.09. The number of fused-ring (bicyclic) bond motifs is 1. The molecular formula is C19H24N4O4. The summed E-state index contributed by atoms with van der Waals surface area (Å²) in [7, 11) is 0. The Hall–Kier alpha value is -2.45. The number of carbonyl (C=O) groups excluding carboxylic acids is 1. The fourth-order valence-electron chi connectivity index (χ4n) is 3.42. The topological polar surface area (TPSA) is 96.7 Å². The molecule has 1 saturated carbocycles. The third kappa shape index (κ3) is 4.12. The van der Waals surface area contributed by atoms with Crippen molar-refractivity contribution in [3.8, 4) is 0 Å². The van der Waals surface area contributed by atoms with Gasteiger partial charge in [0.2, 0.25) is 5.91 Å². The number of carboxylic acids is 1. The van der Waals surface area contributed by atoms with E-state index in [4.69, 9.17) is 4.74 Å². The van der Waals surface area contributed by atoms with Gasteiger partial charge < -0.3 is 19.7 Å². The zero-order valence-corrected chi connectivity index (χ0v) is 15.2. The highest BCUT2D eigenvalue weighted by atomic mass is 16.5. The number of benzene rings is 1. The molecule has 1 saturated heterocycles. The van der Waals surface area contributed by atoms with E-state index in [1.165, 1.54) is 0 Å². The minimum atomic E-state index is -0.969. The molecule has 1 aromatic heterocycles. The molecule has 2 heterocycles. The largest absolute Gasteiger partial charge is 0.478 e. The van der Waals surface area contributed by atoms with Crippen LogP contribution in [0.4, 0.5) is 0 Å². The van der Waals surface area contributed by atoms with E-state index in [2.05, 4.69) is 19.8 Å². The molecule has 144 valence electrons. The van der Waals surface area contributed by atoms with Gasteiger partial charge >= 0.3 is 5.97 Å². The van der Waals surface area contributed by atoms with Crippen molar-refractivity contribution in [3.05, 3.63) is 29.6 Å². The lowest BCUT2D eigenvalue weighted by Crippen LogP contribution is -2.38. The van der Waals surface area contributed by atoms with Crippen LogP contribution in [-0.4, -0.2) is 64.3 Å². The van der Waals surface area contributed by atoms with Gasteiger partial charge in [0.05, 0.1) is 36.4 Å². The standard InChI is InChI=1S/C19H24N4O4/c24-18(13-1-2-13)20-12-17-21-15-11-14(19(25)26)3-4-16(15)23(17)6-5-22-7-9-27-10-8-22/h3-4,11,13H,1-2,5-10,12H2,(H,20,24)(H,25,26). The number of hydrogen-bond acceptors (Lipinski definition) is 5. The molecule has 1 aromatic carbocycles. The van der Waals surface area contributed by atoms with E-state index in [1.807, 2.05) is 0 Å². The van der Waals surface area contributed by atoms with Crippen LogP contribution >= 0.6 is 0 Å². The molecule has 2 fully saturated rings. The second kappa shape index (κ2) is 7.66. The number of rotatable bonds is 7. The van der Waals surface area contributed by atoms with Gasteiger partial charge in [0.1, 0.15) is 5.82 Å². The SMILES string of the molecule is O=C(O)c1ccc2c(c1)nc(CNC(=O)C1CC1)n2CCN1CCOCC1. The number of morpholine rings is 1. The zero-order valence-electron chi connectivity index (χ0n) is 15.2. The Bertz CT molecular complexity index is 853. The molecular weight excluding hydrogens is 348 g/mol. The van der Waals surface area contributed by atoms with E-state index >= 15 is 0 Å². The Morgan fingerprint density at radius 1 is 1.22 bits per heavy atom. The average molecular weight is 372 g/mol. The van der Waals surface area contributed by atoms with Gasteiger partial charge in [-0.1, -0.05) is 0 Å². The number of aromatic carboxylic acids is 1. The van der Waals surface area contributed by atoms with Crippen LogP contribution in [0.3, 0.4) is 0 Å². The molecule has 1 aliphatic carbocycles. The summed E-state index contributed by atoms with van der Waals surface area (Å²) in [6, 6.07) is 5.00. The summed E-state index contributed by atoms with van der Waals surface area (Å²) in [4.78, 5) is 30.2. The van der Waals surface area contributed by atoms with Crippen molar-refractivity contribution in [2.24, 2.45) is 5.92 Å². The number of aromatic nitrogens is 2. The minimum Gasteiger partial charge on any atom is -0.478 e. The smallest absolute Gasteiger partial charge is 0.335 e. The first-order valence-electron chi connectivity index (χ1n) is 9.42. The molecule has 0 unspecified atom stereocenters. The molecule has 1 aliphatic heterocycles. The van der Waals surface area contributed by atoms with Gasteiger partial charge in [-0.2, -0.15) is 0 Å². The first-order valence-corrected chi connectivity index (χ1v) is 9.42. The normalized spacial score (nSPS) is 17.9. The van der Waals surface area contributed by atoms with Crippen LogP contribution in [0.25, 0.3) is 11.0 Å². The van der Waals surface area contributed by atoms with Crippen LogP contribution in [-0.2, 0) is 22.6 Å². The van der Waals surface area contributed by atoms with E-state index in [0.717, 1.165) is 63.6 Å². The fourth-order valence-corrected chi connectivity index (χ4v) is 3.42. The molecule has 0 radical (unpaired) electrons. The Balaban J connectivity index is 1.56. The van der Waals surface area contributed by atoms with E-state index < -0.39 is 5.97 Å². The molecule has 2 N–H and O–H groups in total. The highest BCUT2D eigenvalue weighted by Crippen LogP contribution is 2.29. The van der Waals surface area contributed by atoms with Crippen molar-refractivity contribution >= 4 is 22.9 Å². The van der Waals surface area contributed by atoms with Gasteiger partial charge in [-0.3, -0.25) is 9.69 Å². The van der Waals surface area contributed by atoms with E-state index in [0.29, 0.717) is 12.1 Å². The van der Waals surface area contributed by atoms with Crippen molar-refractivity contribution in [1.82, 2.24) is 19.8 Å². The Morgan fingerprint density at radius 3 is 2.70 bits per heavy atom. The number of amides is 1. The quantitative estimate of drug-likeness (QED) is 0.755. The van der Waals surface area contributed by atoms with Crippen LogP contribution in [0.15, 0.2) is 18.2 Å². The average Bonchev–Trinajstić information content (AvgIpc) is 3.47. The summed E-state index contributed by atoms with van der Waals surface area (Å²) in [5.74, 6) is 0.0148. The Morgan fingerprint density at radius 2 is 2.00 bits per heavy atom. The van der Waals surface area contributed by atoms with Gasteiger partial charge in [-0.15, -0.1) is 0 Å². The molecule has 0 bridgehead atoms. The second-order valence-corrected chi connectivity index (χ2v) is 7.13. The molecule has 0 atom stereocenters. The summed E-state index contributed by atoms with van der Waals surface area (Å²) in [5, 5.41) is 12.2. The third-order valence-electron chi connectivity index (χ3n) is 5.19. The highest BCUT2D eigenvalue weighted by molar-refractivity contribution is 5.92. The number of imidazole rings is 1. The van der Waals surface area contributed by atoms with Crippen molar-refractivity contribution in [3.63, 3.8) is 0 Å². The molecule has 2 aromatic rings. The molecule has 0 spiro atoms. The van der Waals surface area contributed by atoms with Crippen LogP contribution in [0.5, 0.6) is 0 Å². The van der Waals surface area contributed by atoms with Crippen LogP contribution in [0.1, 0.15) is 29.0 Å². The predicted molar refractivity (Wildman–Crippen MR) is 98.5 cm³/mol. The van der Waals surface area contributed by atoms with Crippen molar-refractivity contribution in [2.75, 3.05) is 32.8 Å². The molecule has 8 nitrogen and oxygen atoms in total. The van der Waals surface area contributed by atoms with Gasteiger partial charge in [-0.05, 0) is 31.0 Å². The Labute approximate surface area is 157 Å². The minimum absolute atomic E-state index is 0.0769. The van der Waals surface area contributed by atoms with Gasteiger partial charge in [0.25, 0.3) is 0 Å². The summed E-state index contributed by atoms with van der Waals surface area (Å²) in [6.07, 6.45) is 1.92. The number of carboxylic acid groups (broad SMARTS) is 1. The number of hydrogen-bond donors (Lipinski definition) is 2. The van der Waals surface area contributed by atoms with E-state index in [1.54, 1.807) is 18.2 Å². The maximum atomic E-state index is 12.0. The lowest BCUT2D eigenvalue weighted by Gasteiger charge is -2.27. The zero-order chi connectivity index (χ0) is 18.8. The molecule has 27 heavy (non-hydrogen) atoms. The first kappa shape index (κ1) is 17.9. The third-order valence-corrected chi connectivity index (χ3v) is 5.19. The van der Waals surface area contributed by atoms with Gasteiger partial charge in [0.15, 0.2) is 0 Å². The van der Waals surface area contributed by atoms with Gasteiger partial charge in [-0.25, -0.2) is 9.78 Å². The first-order chi connectivity index (χ1) is 13.1. The number of ether oxygens (including phenoxy) is 1. The molecule has 8 heteroatoms. The molecule has 2 aliphatic rings. The summed E-state index contributed by atoms with van der Waals surface area (Å²) < 4.78 is 7.48. The van der Waals surface area contributed by atoms with Crippen molar-refractivity contribution in [2.45, 2.75) is 25.9 Å². The molecule has 4 rings (SSSR count). The second-order valence-electron chi connectivity index (χ2n) is 7.13. The van der Waals surface area contributed by atoms with Crippen molar-refractivity contribution < 1.29 is 19.4 Å². The summed E-state index contributed by atoms with van der Waals surface area (Å²) in [6.45, 7) is 5.26. The summed E-state index contributed by atoms with van der Waals surface area (Å²) >= 11 is 0. The van der Waals surface area contributed by atoms with Crippen LogP contribution in [0, 0.1) is 5.92 Å². The van der Waals surface area contributed by atoms with Gasteiger partial charge in [0, 0.05) is 32.1 Å². The maximum Gasteiger partial charge on any atom is 0.335 e. The summed E-state index contributed by atoms with van der Waals surface area (Å²) in [5.41, 5.74) is 1.75. The van der Waals surface area contributed by atoms with Crippen molar-refractivity contribution in [1.29, 1.82) is 0 Å². The number of nitrogens with one attached hydrogen (secondary N) is 1. The van der Waals surface area contributed by atoms with Crippen LogP contribution in [0.2, 0.25) is 0 Å². The van der Waals surface area contributed by atoms with E-state index in [9.17, 15) is 14.7 Å². The number of nitrogens with zero attached hydrogens (tertiary/aromatic N) is 3. The fraction of sp³-hybridized carbons (Fsp3) is 0.526. The lowest BCUT2D eigenvalue weighted by molar-refractivity contribution is -0.122. The van der Waals surface area contributed by atoms with E-state index in [-0.39, 0.29) is 17.4 Å². The maximum absolute atomic E-state index is 12.0. The monoisotopic (exact) mass is 372 g/mol.